The zero-order valence-corrected chi connectivity index (χ0v) is 13.1. The summed E-state index contributed by atoms with van der Waals surface area (Å²) in [6.07, 6.45) is 0.925. The van der Waals surface area contributed by atoms with Crippen molar-refractivity contribution in [2.45, 2.75) is 13.3 Å². The number of carbonyl (C=O) groups excluding carboxylic acids is 1. The van der Waals surface area contributed by atoms with Gasteiger partial charge in [-0.15, -0.1) is 11.3 Å². The summed E-state index contributed by atoms with van der Waals surface area (Å²) in [6.45, 7) is 2.90. The lowest BCUT2D eigenvalue weighted by Gasteiger charge is -2.17. The topological polar surface area (TPSA) is 68.5 Å². The van der Waals surface area contributed by atoms with Gasteiger partial charge in [0.05, 0.1) is 6.61 Å². The Hall–Kier alpha value is -1.60. The number of hydrogen-bond donors (Lipinski definition) is 1. The number of rotatable bonds is 6. The van der Waals surface area contributed by atoms with Crippen LogP contribution in [0.2, 0.25) is 0 Å². The van der Waals surface area contributed by atoms with Gasteiger partial charge in [0.15, 0.2) is 5.82 Å². The monoisotopic (exact) mass is 311 g/mol. The normalized spacial score (nSPS) is 10.5. The molecule has 0 saturated heterocycles. The molecule has 5 nitrogen and oxygen atoms in total. The Balaban J connectivity index is 2.09. The Kier molecular flexibility index (Phi) is 4.97. The van der Waals surface area contributed by atoms with Crippen molar-refractivity contribution in [3.8, 4) is 0 Å². The molecule has 0 aliphatic heterocycles. The number of carbonyl (C=O) groups is 1. The highest BCUT2D eigenvalue weighted by Gasteiger charge is 2.22. The molecule has 2 N–H and O–H groups in total. The second-order valence-electron chi connectivity index (χ2n) is 4.22. The van der Waals surface area contributed by atoms with Gasteiger partial charge >= 0.3 is 5.97 Å². The van der Waals surface area contributed by atoms with Crippen LogP contribution in [0.3, 0.4) is 0 Å². The molecular weight excluding hydrogens is 294 g/mol. The number of ether oxygens (including phenoxy) is 1. The first-order valence-corrected chi connectivity index (χ1v) is 7.94. The lowest BCUT2D eigenvalue weighted by atomic mass is 10.3. The van der Waals surface area contributed by atoms with Crippen LogP contribution in [0.5, 0.6) is 0 Å². The van der Waals surface area contributed by atoms with Crippen LogP contribution in [0.4, 0.5) is 10.8 Å². The fourth-order valence-electron chi connectivity index (χ4n) is 1.78. The first kappa shape index (κ1) is 14.8. The van der Waals surface area contributed by atoms with E-state index in [1.807, 2.05) is 18.0 Å². The van der Waals surface area contributed by atoms with E-state index in [0.717, 1.165) is 18.0 Å². The van der Waals surface area contributed by atoms with Gasteiger partial charge in [-0.25, -0.2) is 4.79 Å². The van der Waals surface area contributed by atoms with Crippen molar-refractivity contribution in [1.82, 2.24) is 4.37 Å². The third-order valence-electron chi connectivity index (χ3n) is 2.80. The van der Waals surface area contributed by atoms with E-state index in [-0.39, 0.29) is 5.82 Å². The van der Waals surface area contributed by atoms with Crippen molar-refractivity contribution in [2.75, 3.05) is 30.8 Å². The minimum atomic E-state index is -0.406. The molecular formula is C13H17N3O2S2. The van der Waals surface area contributed by atoms with Gasteiger partial charge < -0.3 is 15.4 Å². The van der Waals surface area contributed by atoms with E-state index >= 15 is 0 Å². The number of nitrogen functional groups attached to an aromatic ring is 1. The average molecular weight is 311 g/mol. The average Bonchev–Trinajstić information content (AvgIpc) is 3.05. The molecule has 0 radical (unpaired) electrons. The summed E-state index contributed by atoms with van der Waals surface area (Å²) in [7, 11) is 1.93. The molecule has 0 aliphatic rings. The fraction of sp³-hybridized carbons (Fsp3) is 0.385. The minimum Gasteiger partial charge on any atom is -0.462 e. The molecule has 0 aromatic carbocycles. The van der Waals surface area contributed by atoms with Crippen molar-refractivity contribution in [2.24, 2.45) is 0 Å². The largest absolute Gasteiger partial charge is 0.462 e. The Labute approximate surface area is 126 Å². The Morgan fingerprint density at radius 3 is 3.00 bits per heavy atom. The summed E-state index contributed by atoms with van der Waals surface area (Å²) in [5.41, 5.74) is 6.16. The van der Waals surface area contributed by atoms with Crippen LogP contribution in [0.1, 0.15) is 22.2 Å². The zero-order valence-electron chi connectivity index (χ0n) is 11.5. The molecule has 0 spiro atoms. The number of nitrogens with two attached hydrogens (primary N) is 1. The third kappa shape index (κ3) is 3.29. The van der Waals surface area contributed by atoms with Gasteiger partial charge in [0.25, 0.3) is 0 Å². The maximum absolute atomic E-state index is 11.9. The molecule has 0 aliphatic carbocycles. The Morgan fingerprint density at radius 2 is 2.35 bits per heavy atom. The van der Waals surface area contributed by atoms with Gasteiger partial charge in [0, 0.05) is 18.5 Å². The van der Waals surface area contributed by atoms with Gasteiger partial charge in [-0.1, -0.05) is 6.07 Å². The van der Waals surface area contributed by atoms with Crippen LogP contribution in [0.15, 0.2) is 17.5 Å². The number of likely N-dealkylation sites (N-methyl/N-ethyl adjacent to an activating group) is 1. The van der Waals surface area contributed by atoms with Crippen LogP contribution in [-0.4, -0.2) is 30.5 Å². The Bertz CT molecular complexity index is 566. The lowest BCUT2D eigenvalue weighted by molar-refractivity contribution is 0.0528. The van der Waals surface area contributed by atoms with Crippen LogP contribution < -0.4 is 10.6 Å². The number of anilines is 2. The molecule has 20 heavy (non-hydrogen) atoms. The maximum Gasteiger partial charge on any atom is 0.345 e. The summed E-state index contributed by atoms with van der Waals surface area (Å²) in [5.74, 6) is -0.164. The summed E-state index contributed by atoms with van der Waals surface area (Å²) < 4.78 is 9.10. The zero-order chi connectivity index (χ0) is 14.5. The lowest BCUT2D eigenvalue weighted by Crippen LogP contribution is -2.21. The molecule has 0 fully saturated rings. The second kappa shape index (κ2) is 6.71. The number of esters is 1. The van der Waals surface area contributed by atoms with Gasteiger partial charge in [-0.3, -0.25) is 0 Å². The van der Waals surface area contributed by atoms with Crippen molar-refractivity contribution >= 4 is 39.7 Å². The van der Waals surface area contributed by atoms with E-state index in [0.29, 0.717) is 12.2 Å². The molecule has 2 aromatic rings. The van der Waals surface area contributed by atoms with Crippen molar-refractivity contribution in [3.05, 3.63) is 28.0 Å². The smallest absolute Gasteiger partial charge is 0.345 e. The molecule has 0 bridgehead atoms. The molecule has 0 saturated carbocycles. The predicted molar refractivity (Wildman–Crippen MR) is 83.8 cm³/mol. The van der Waals surface area contributed by atoms with Gasteiger partial charge in [0.2, 0.25) is 0 Å². The van der Waals surface area contributed by atoms with E-state index in [9.17, 15) is 4.79 Å². The number of thiophene rings is 1. The van der Waals surface area contributed by atoms with Crippen LogP contribution in [0, 0.1) is 0 Å². The minimum absolute atomic E-state index is 0.242. The van der Waals surface area contributed by atoms with Crippen LogP contribution in [0.25, 0.3) is 0 Å². The molecule has 2 rings (SSSR count). The van der Waals surface area contributed by atoms with Gasteiger partial charge in [-0.2, -0.15) is 4.37 Å². The summed E-state index contributed by atoms with van der Waals surface area (Å²) in [4.78, 5) is 15.2. The second-order valence-corrected chi connectivity index (χ2v) is 6.00. The fourth-order valence-corrected chi connectivity index (χ4v) is 3.27. The van der Waals surface area contributed by atoms with E-state index < -0.39 is 5.97 Å². The van der Waals surface area contributed by atoms with E-state index in [1.165, 1.54) is 16.4 Å². The molecule has 0 unspecified atom stereocenters. The summed E-state index contributed by atoms with van der Waals surface area (Å²) in [5, 5.41) is 2.82. The van der Waals surface area contributed by atoms with Crippen molar-refractivity contribution in [1.29, 1.82) is 0 Å². The Morgan fingerprint density at radius 1 is 1.55 bits per heavy atom. The van der Waals surface area contributed by atoms with Gasteiger partial charge in [-0.05, 0) is 36.3 Å². The maximum atomic E-state index is 11.9. The SMILES string of the molecule is CCOC(=O)c1c(N)nsc1N(C)CCc1cccs1. The van der Waals surface area contributed by atoms with E-state index in [2.05, 4.69) is 15.8 Å². The molecule has 2 aromatic heterocycles. The molecule has 0 atom stereocenters. The first-order chi connectivity index (χ1) is 9.63. The summed E-state index contributed by atoms with van der Waals surface area (Å²) in [6, 6.07) is 4.14. The molecule has 108 valence electrons. The van der Waals surface area contributed by atoms with Gasteiger partial charge in [0.1, 0.15) is 10.6 Å². The predicted octanol–water partition coefficient (Wildman–Crippen LogP) is 2.64. The van der Waals surface area contributed by atoms with E-state index in [1.54, 1.807) is 18.3 Å². The highest BCUT2D eigenvalue weighted by atomic mass is 32.1. The highest BCUT2D eigenvalue weighted by Crippen LogP contribution is 2.30. The van der Waals surface area contributed by atoms with Crippen molar-refractivity contribution in [3.63, 3.8) is 0 Å². The van der Waals surface area contributed by atoms with Crippen LogP contribution >= 0.6 is 22.9 Å². The first-order valence-electron chi connectivity index (χ1n) is 6.29. The number of hydrogen-bond acceptors (Lipinski definition) is 7. The van der Waals surface area contributed by atoms with Crippen LogP contribution in [-0.2, 0) is 11.2 Å². The van der Waals surface area contributed by atoms with E-state index in [4.69, 9.17) is 10.5 Å². The molecule has 2 heterocycles. The molecule has 7 heteroatoms. The highest BCUT2D eigenvalue weighted by molar-refractivity contribution is 7.11. The third-order valence-corrected chi connectivity index (χ3v) is 4.71. The van der Waals surface area contributed by atoms with Crippen molar-refractivity contribution < 1.29 is 9.53 Å². The summed E-state index contributed by atoms with van der Waals surface area (Å²) >= 11 is 2.96. The number of aromatic nitrogens is 1. The quantitative estimate of drug-likeness (QED) is 0.831. The standard InChI is InChI=1S/C13H17N3O2S2/c1-3-18-13(17)10-11(14)15-20-12(10)16(2)7-6-9-5-4-8-19-9/h4-5,8H,3,6-7H2,1-2H3,(H2,14,15). The number of nitrogens with zero attached hydrogens (tertiary/aromatic N) is 2. The molecule has 0 amide bonds.